The summed E-state index contributed by atoms with van der Waals surface area (Å²) in [6, 6.07) is 16.0. The number of likely N-dealkylation sites (N-methyl/N-ethyl adjacent to an activating group) is 1. The number of aliphatic hydroxyl groups excluding tert-OH is 1. The van der Waals surface area contributed by atoms with Crippen LogP contribution in [-0.4, -0.2) is 62.4 Å². The number of carboxylic acid groups (broad SMARTS) is 1. The zero-order valence-corrected chi connectivity index (χ0v) is 23.9. The van der Waals surface area contributed by atoms with Gasteiger partial charge in [-0.05, 0) is 73.8 Å². The van der Waals surface area contributed by atoms with Gasteiger partial charge in [-0.2, -0.15) is 0 Å². The van der Waals surface area contributed by atoms with Crippen LogP contribution in [-0.2, 0) is 11.8 Å². The number of hydrogen-bond acceptors (Lipinski definition) is 5. The van der Waals surface area contributed by atoms with Gasteiger partial charge in [-0.3, -0.25) is 0 Å². The van der Waals surface area contributed by atoms with Crippen molar-refractivity contribution in [3.8, 4) is 22.6 Å². The first-order chi connectivity index (χ1) is 20.2. The van der Waals surface area contributed by atoms with Crippen molar-refractivity contribution >= 4 is 11.5 Å². The summed E-state index contributed by atoms with van der Waals surface area (Å²) in [5.74, 6) is -0.402. The number of aromatic carboxylic acids is 1. The maximum absolute atomic E-state index is 12.4. The van der Waals surface area contributed by atoms with Crippen LogP contribution >= 0.6 is 0 Å². The van der Waals surface area contributed by atoms with Gasteiger partial charge in [0.1, 0.15) is 12.2 Å². The van der Waals surface area contributed by atoms with Crippen molar-refractivity contribution in [2.45, 2.75) is 56.3 Å². The van der Waals surface area contributed by atoms with E-state index in [4.69, 9.17) is 4.74 Å². The third-order valence-corrected chi connectivity index (χ3v) is 10.7. The van der Waals surface area contributed by atoms with E-state index in [9.17, 15) is 20.1 Å². The van der Waals surface area contributed by atoms with Crippen molar-refractivity contribution in [1.82, 2.24) is 9.30 Å². The Balaban J connectivity index is 1.37. The lowest BCUT2D eigenvalue weighted by Gasteiger charge is -2.56. The minimum absolute atomic E-state index is 0.0865. The fourth-order valence-electron chi connectivity index (χ4n) is 8.80. The van der Waals surface area contributed by atoms with Crippen LogP contribution in [0, 0.1) is 12.8 Å². The zero-order chi connectivity index (χ0) is 29.1. The maximum atomic E-state index is 12.4. The second-order valence-corrected chi connectivity index (χ2v) is 12.6. The first-order valence-electron chi connectivity index (χ1n) is 14.8. The number of carbonyl (C=O) groups is 1. The molecule has 6 atom stereocenters. The van der Waals surface area contributed by atoms with Crippen molar-refractivity contribution in [1.29, 1.82) is 0 Å². The van der Waals surface area contributed by atoms with Crippen LogP contribution in [0.5, 0.6) is 11.5 Å². The predicted molar refractivity (Wildman–Crippen MR) is 160 cm³/mol. The standard InChI is InChI=1S/C35H34N2O5/c1-18(31-19(2)24(34(40)41)14-22-13-21(17-37(22)31)20-7-5-4-6-8-20)23-16-29(39)32-30-25(23)15-27-26-9-10-28(38)33(42-32)35(26,30)11-12-36(27)3/h4-10,13-14,16-18,26-28,33,38-39H,11-12,15H2,1-3H3,(H,40,41)/t18?,26-,27+,28-,33-,35-/m0/s1. The van der Waals surface area contributed by atoms with Crippen molar-refractivity contribution in [2.75, 3.05) is 13.6 Å². The minimum Gasteiger partial charge on any atom is -0.504 e. The lowest BCUT2D eigenvalue weighted by atomic mass is 9.52. The van der Waals surface area contributed by atoms with Gasteiger partial charge >= 0.3 is 5.97 Å². The molecular formula is C35H34N2O5. The van der Waals surface area contributed by atoms with E-state index in [2.05, 4.69) is 47.7 Å². The number of piperidine rings is 1. The lowest BCUT2D eigenvalue weighted by molar-refractivity contribution is -0.0454. The second-order valence-electron chi connectivity index (χ2n) is 12.6. The Labute approximate surface area is 244 Å². The fraction of sp³-hybridized carbons (Fsp3) is 0.343. The average molecular weight is 563 g/mol. The molecule has 1 fully saturated rings. The van der Waals surface area contributed by atoms with Crippen LogP contribution in [0.25, 0.3) is 16.6 Å². The quantitative estimate of drug-likeness (QED) is 0.293. The van der Waals surface area contributed by atoms with Gasteiger partial charge in [-0.25, -0.2) is 4.79 Å². The Kier molecular flexibility index (Phi) is 5.32. The van der Waals surface area contributed by atoms with E-state index in [0.717, 1.165) is 58.4 Å². The number of aromatic nitrogens is 1. The number of pyridine rings is 1. The lowest BCUT2D eigenvalue weighted by Crippen LogP contribution is -2.64. The van der Waals surface area contributed by atoms with E-state index in [1.54, 1.807) is 6.07 Å². The summed E-state index contributed by atoms with van der Waals surface area (Å²) >= 11 is 0. The molecule has 4 heterocycles. The monoisotopic (exact) mass is 562 g/mol. The third-order valence-electron chi connectivity index (χ3n) is 10.7. The summed E-state index contributed by atoms with van der Waals surface area (Å²) in [5, 5.41) is 32.7. The topological polar surface area (TPSA) is 94.6 Å². The van der Waals surface area contributed by atoms with Gasteiger partial charge in [0, 0.05) is 51.8 Å². The largest absolute Gasteiger partial charge is 0.504 e. The Morgan fingerprint density at radius 3 is 2.67 bits per heavy atom. The van der Waals surface area contributed by atoms with Gasteiger partial charge < -0.3 is 29.4 Å². The number of carboxylic acids is 1. The number of rotatable bonds is 4. The molecule has 214 valence electrons. The molecule has 3 N–H and O–H groups in total. The van der Waals surface area contributed by atoms with E-state index in [-0.39, 0.29) is 29.2 Å². The van der Waals surface area contributed by atoms with Gasteiger partial charge in [0.05, 0.1) is 5.56 Å². The van der Waals surface area contributed by atoms with Gasteiger partial charge in [0.25, 0.3) is 0 Å². The first kappa shape index (κ1) is 25.6. The SMILES string of the molecule is Cc1c(C(=O)O)cc2cc(-c3ccccc3)cn2c1C(C)c1cc(O)c2c3c1C[C@@H]1[C@@H]4C=C[C@H](O)[C@H](O2)[C@]34CCN1C. The number of fused-ring (bicyclic) bond motifs is 1. The highest BCUT2D eigenvalue weighted by molar-refractivity contribution is 5.92. The molecule has 7 nitrogen and oxygen atoms in total. The van der Waals surface area contributed by atoms with E-state index >= 15 is 0 Å². The average Bonchev–Trinajstić information content (AvgIpc) is 3.56. The highest BCUT2D eigenvalue weighted by Gasteiger charge is 2.64. The number of hydrogen-bond donors (Lipinski definition) is 3. The van der Waals surface area contributed by atoms with Crippen molar-refractivity contribution in [3.63, 3.8) is 0 Å². The van der Waals surface area contributed by atoms with Crippen LogP contribution < -0.4 is 4.74 Å². The number of nitrogens with zero attached hydrogens (tertiary/aromatic N) is 2. The number of phenols is 1. The van der Waals surface area contributed by atoms with Crippen LogP contribution in [0.15, 0.2) is 66.9 Å². The Morgan fingerprint density at radius 2 is 1.90 bits per heavy atom. The molecule has 2 aliphatic carbocycles. The van der Waals surface area contributed by atoms with Gasteiger partial charge in [-0.1, -0.05) is 49.4 Å². The molecule has 0 saturated carbocycles. The van der Waals surface area contributed by atoms with Gasteiger partial charge in [0.15, 0.2) is 11.5 Å². The summed E-state index contributed by atoms with van der Waals surface area (Å²) in [7, 11) is 2.17. The molecule has 4 aromatic rings. The maximum Gasteiger partial charge on any atom is 0.336 e. The first-order valence-corrected chi connectivity index (χ1v) is 14.8. The van der Waals surface area contributed by atoms with E-state index in [0.29, 0.717) is 11.3 Å². The van der Waals surface area contributed by atoms with Crippen LogP contribution in [0.2, 0.25) is 0 Å². The molecule has 2 aromatic heterocycles. The molecule has 8 rings (SSSR count). The third kappa shape index (κ3) is 3.21. The zero-order valence-electron chi connectivity index (χ0n) is 23.9. The summed E-state index contributed by atoms with van der Waals surface area (Å²) in [4.78, 5) is 14.9. The van der Waals surface area contributed by atoms with E-state index < -0.39 is 23.6 Å². The number of aromatic hydroxyl groups is 1. The van der Waals surface area contributed by atoms with E-state index in [1.165, 1.54) is 0 Å². The molecule has 2 bridgehead atoms. The normalized spacial score (nSPS) is 28.0. The molecule has 2 aromatic carbocycles. The highest BCUT2D eigenvalue weighted by Crippen LogP contribution is 2.63. The van der Waals surface area contributed by atoms with Gasteiger partial charge in [0.2, 0.25) is 0 Å². The van der Waals surface area contributed by atoms with Crippen molar-refractivity contribution in [2.24, 2.45) is 5.92 Å². The van der Waals surface area contributed by atoms with Crippen LogP contribution in [0.4, 0.5) is 0 Å². The molecule has 1 saturated heterocycles. The molecular weight excluding hydrogens is 528 g/mol. The second kappa shape index (κ2) is 8.72. The van der Waals surface area contributed by atoms with E-state index in [1.807, 2.05) is 43.3 Å². The molecule has 2 aliphatic heterocycles. The Bertz CT molecular complexity index is 1820. The molecule has 7 heteroatoms. The molecule has 42 heavy (non-hydrogen) atoms. The van der Waals surface area contributed by atoms with Crippen molar-refractivity contribution < 1.29 is 24.9 Å². The minimum atomic E-state index is -0.957. The summed E-state index contributed by atoms with van der Waals surface area (Å²) < 4.78 is 8.56. The smallest absolute Gasteiger partial charge is 0.336 e. The Morgan fingerprint density at radius 1 is 1.12 bits per heavy atom. The number of likely N-dealkylation sites (tertiary alicyclic amines) is 1. The number of aliphatic hydroxyl groups is 1. The number of ether oxygens (including phenoxy) is 1. The molecule has 1 spiro atoms. The summed E-state index contributed by atoms with van der Waals surface area (Å²) in [5.41, 5.74) is 7.57. The molecule has 0 radical (unpaired) electrons. The molecule has 1 unspecified atom stereocenters. The number of benzene rings is 2. The number of phenolic OH excluding ortho intramolecular Hbond substituents is 1. The fourth-order valence-corrected chi connectivity index (χ4v) is 8.80. The summed E-state index contributed by atoms with van der Waals surface area (Å²) in [6.07, 6.45) is 6.58. The predicted octanol–water partition coefficient (Wildman–Crippen LogP) is 5.28. The highest BCUT2D eigenvalue weighted by atomic mass is 16.5. The van der Waals surface area contributed by atoms with Crippen LogP contribution in [0.3, 0.4) is 0 Å². The summed E-state index contributed by atoms with van der Waals surface area (Å²) in [6.45, 7) is 4.89. The van der Waals surface area contributed by atoms with Gasteiger partial charge in [-0.15, -0.1) is 0 Å². The van der Waals surface area contributed by atoms with Crippen LogP contribution in [0.1, 0.15) is 57.6 Å². The Hall–Kier alpha value is -4.07. The molecule has 4 aliphatic rings. The molecule has 0 amide bonds. The van der Waals surface area contributed by atoms with Crippen molar-refractivity contribution in [3.05, 3.63) is 100 Å².